The van der Waals surface area contributed by atoms with Crippen LogP contribution in [0.2, 0.25) is 0 Å². The summed E-state index contributed by atoms with van der Waals surface area (Å²) in [5, 5.41) is 1.16. The molecule has 1 amide bonds. The number of rotatable bonds is 3. The third kappa shape index (κ3) is 3.01. The summed E-state index contributed by atoms with van der Waals surface area (Å²) in [6.07, 6.45) is 1.79. The SMILES string of the molecule is O=C(Cn1c(=O)oc2ccccc21)N1CCC(c2nc3ccccc3s2)CC1. The van der Waals surface area contributed by atoms with E-state index in [1.807, 2.05) is 35.2 Å². The number of nitrogens with zero attached hydrogens (tertiary/aromatic N) is 3. The Hall–Kier alpha value is -2.93. The number of oxazole rings is 1. The second kappa shape index (κ2) is 6.91. The first-order valence-corrected chi connectivity index (χ1v) is 10.2. The van der Waals surface area contributed by atoms with Gasteiger partial charge in [0, 0.05) is 19.0 Å². The fourth-order valence-corrected chi connectivity index (χ4v) is 4.98. The van der Waals surface area contributed by atoms with Crippen LogP contribution in [0.4, 0.5) is 0 Å². The van der Waals surface area contributed by atoms with Gasteiger partial charge in [-0.3, -0.25) is 9.36 Å². The van der Waals surface area contributed by atoms with E-state index in [0.717, 1.165) is 23.4 Å². The quantitative estimate of drug-likeness (QED) is 0.533. The highest BCUT2D eigenvalue weighted by Gasteiger charge is 2.26. The first kappa shape index (κ1) is 17.2. The second-order valence-corrected chi connectivity index (χ2v) is 8.16. The van der Waals surface area contributed by atoms with Gasteiger partial charge in [0.25, 0.3) is 0 Å². The van der Waals surface area contributed by atoms with Gasteiger partial charge in [0.2, 0.25) is 5.91 Å². The Morgan fingerprint density at radius 1 is 1.11 bits per heavy atom. The number of piperidine rings is 1. The van der Waals surface area contributed by atoms with E-state index in [-0.39, 0.29) is 12.5 Å². The lowest BCUT2D eigenvalue weighted by Crippen LogP contribution is -2.40. The Balaban J connectivity index is 1.28. The molecule has 7 heteroatoms. The van der Waals surface area contributed by atoms with E-state index < -0.39 is 5.76 Å². The number of amides is 1. The molecule has 2 aromatic carbocycles. The lowest BCUT2D eigenvalue weighted by atomic mass is 9.97. The van der Waals surface area contributed by atoms with Crippen molar-refractivity contribution in [2.75, 3.05) is 13.1 Å². The number of benzene rings is 2. The lowest BCUT2D eigenvalue weighted by molar-refractivity contribution is -0.132. The Kier molecular flexibility index (Phi) is 4.24. The number of likely N-dealkylation sites (tertiary alicyclic amines) is 1. The topological polar surface area (TPSA) is 68.3 Å². The number of carbonyl (C=O) groups is 1. The van der Waals surface area contributed by atoms with Gasteiger partial charge >= 0.3 is 5.76 Å². The molecular weight excluding hydrogens is 374 g/mol. The maximum Gasteiger partial charge on any atom is 0.420 e. The van der Waals surface area contributed by atoms with Gasteiger partial charge in [-0.05, 0) is 37.1 Å². The van der Waals surface area contributed by atoms with Crippen molar-refractivity contribution in [3.8, 4) is 0 Å². The summed E-state index contributed by atoms with van der Waals surface area (Å²) in [5.41, 5.74) is 2.22. The third-order valence-electron chi connectivity index (χ3n) is 5.37. The molecule has 1 saturated heterocycles. The molecule has 0 saturated carbocycles. The molecule has 0 spiro atoms. The highest BCUT2D eigenvalue weighted by Crippen LogP contribution is 2.33. The number of aromatic nitrogens is 2. The molecule has 4 aromatic rings. The van der Waals surface area contributed by atoms with Crippen molar-refractivity contribution < 1.29 is 9.21 Å². The Morgan fingerprint density at radius 2 is 1.86 bits per heavy atom. The summed E-state index contributed by atoms with van der Waals surface area (Å²) in [5.74, 6) is -0.144. The summed E-state index contributed by atoms with van der Waals surface area (Å²) in [4.78, 5) is 31.5. The largest absolute Gasteiger partial charge is 0.420 e. The lowest BCUT2D eigenvalue weighted by Gasteiger charge is -2.31. The smallest absolute Gasteiger partial charge is 0.408 e. The van der Waals surface area contributed by atoms with Crippen LogP contribution >= 0.6 is 11.3 Å². The normalized spacial score (nSPS) is 15.5. The molecule has 5 rings (SSSR count). The second-order valence-electron chi connectivity index (χ2n) is 7.10. The Bertz CT molecular complexity index is 1180. The number of carbonyl (C=O) groups excluding carboxylic acids is 1. The zero-order valence-electron chi connectivity index (χ0n) is 15.2. The predicted molar refractivity (Wildman–Crippen MR) is 109 cm³/mol. The van der Waals surface area contributed by atoms with Crippen molar-refractivity contribution in [2.45, 2.75) is 25.3 Å². The van der Waals surface area contributed by atoms with Crippen LogP contribution in [-0.4, -0.2) is 33.4 Å². The summed E-state index contributed by atoms with van der Waals surface area (Å²) >= 11 is 1.75. The summed E-state index contributed by atoms with van der Waals surface area (Å²) < 4.78 is 7.85. The van der Waals surface area contributed by atoms with Crippen LogP contribution in [0.3, 0.4) is 0 Å². The van der Waals surface area contributed by atoms with Gasteiger partial charge in [-0.2, -0.15) is 0 Å². The molecule has 0 radical (unpaired) electrons. The predicted octanol–water partition coefficient (Wildman–Crippen LogP) is 3.61. The van der Waals surface area contributed by atoms with E-state index in [2.05, 4.69) is 6.07 Å². The van der Waals surface area contributed by atoms with Gasteiger partial charge in [-0.25, -0.2) is 9.78 Å². The molecule has 3 heterocycles. The van der Waals surface area contributed by atoms with Crippen molar-refractivity contribution in [1.29, 1.82) is 0 Å². The van der Waals surface area contributed by atoms with Crippen molar-refractivity contribution in [2.24, 2.45) is 0 Å². The molecule has 0 atom stereocenters. The van der Waals surface area contributed by atoms with E-state index in [1.165, 1.54) is 9.27 Å². The average molecular weight is 393 g/mol. The zero-order chi connectivity index (χ0) is 19.1. The van der Waals surface area contributed by atoms with Crippen molar-refractivity contribution in [1.82, 2.24) is 14.5 Å². The fourth-order valence-electron chi connectivity index (χ4n) is 3.84. The molecule has 0 bridgehead atoms. The molecule has 0 N–H and O–H groups in total. The van der Waals surface area contributed by atoms with Crippen LogP contribution < -0.4 is 5.76 Å². The van der Waals surface area contributed by atoms with Gasteiger partial charge in [0.05, 0.1) is 20.7 Å². The van der Waals surface area contributed by atoms with Crippen LogP contribution in [0.1, 0.15) is 23.8 Å². The minimum Gasteiger partial charge on any atom is -0.408 e. The first-order valence-electron chi connectivity index (χ1n) is 9.40. The Morgan fingerprint density at radius 3 is 2.68 bits per heavy atom. The molecule has 1 aliphatic heterocycles. The molecule has 28 heavy (non-hydrogen) atoms. The van der Waals surface area contributed by atoms with Crippen molar-refractivity contribution in [3.63, 3.8) is 0 Å². The van der Waals surface area contributed by atoms with Crippen LogP contribution in [-0.2, 0) is 11.3 Å². The third-order valence-corrected chi connectivity index (χ3v) is 6.57. The van der Waals surface area contributed by atoms with E-state index >= 15 is 0 Å². The van der Waals surface area contributed by atoms with Crippen LogP contribution in [0, 0.1) is 0 Å². The molecule has 0 unspecified atom stereocenters. The standard InChI is InChI=1S/C21H19N3O3S/c25-19(13-24-16-6-2-3-7-17(16)27-21(24)26)23-11-9-14(10-12-23)20-22-15-5-1-4-8-18(15)28-20/h1-8,14H,9-13H2. The fraction of sp³-hybridized carbons (Fsp3) is 0.286. The van der Waals surface area contributed by atoms with Gasteiger partial charge in [-0.1, -0.05) is 24.3 Å². The van der Waals surface area contributed by atoms with Gasteiger partial charge in [-0.15, -0.1) is 11.3 Å². The number of thiazole rings is 1. The minimum atomic E-state index is -0.487. The Labute approximate surface area is 165 Å². The summed E-state index contributed by atoms with van der Waals surface area (Å²) in [6.45, 7) is 1.38. The number of para-hydroxylation sites is 3. The van der Waals surface area contributed by atoms with Gasteiger partial charge < -0.3 is 9.32 Å². The monoisotopic (exact) mass is 393 g/mol. The maximum absolute atomic E-state index is 12.8. The van der Waals surface area contributed by atoms with Crippen LogP contribution in [0.15, 0.2) is 57.7 Å². The first-order chi connectivity index (χ1) is 13.7. The van der Waals surface area contributed by atoms with Crippen LogP contribution in [0.5, 0.6) is 0 Å². The van der Waals surface area contributed by atoms with Crippen LogP contribution in [0.25, 0.3) is 21.3 Å². The van der Waals surface area contributed by atoms with E-state index in [0.29, 0.717) is 30.1 Å². The molecule has 1 fully saturated rings. The molecule has 6 nitrogen and oxygen atoms in total. The molecule has 2 aromatic heterocycles. The van der Waals surface area contributed by atoms with Crippen molar-refractivity contribution in [3.05, 3.63) is 64.1 Å². The minimum absolute atomic E-state index is 0.0155. The zero-order valence-corrected chi connectivity index (χ0v) is 16.0. The number of hydrogen-bond acceptors (Lipinski definition) is 5. The number of hydrogen-bond donors (Lipinski definition) is 0. The average Bonchev–Trinajstić information content (AvgIpc) is 3.29. The van der Waals surface area contributed by atoms with Gasteiger partial charge in [0.1, 0.15) is 6.54 Å². The molecular formula is C21H19N3O3S. The molecule has 0 aliphatic carbocycles. The molecule has 1 aliphatic rings. The van der Waals surface area contributed by atoms with E-state index in [4.69, 9.17) is 9.40 Å². The highest BCUT2D eigenvalue weighted by atomic mass is 32.1. The summed E-state index contributed by atoms with van der Waals surface area (Å²) in [7, 11) is 0. The molecule has 142 valence electrons. The van der Waals surface area contributed by atoms with Crippen molar-refractivity contribution >= 4 is 38.6 Å². The van der Waals surface area contributed by atoms with E-state index in [1.54, 1.807) is 23.5 Å². The van der Waals surface area contributed by atoms with E-state index in [9.17, 15) is 9.59 Å². The highest BCUT2D eigenvalue weighted by molar-refractivity contribution is 7.18. The summed E-state index contributed by atoms with van der Waals surface area (Å²) in [6, 6.07) is 15.4. The number of fused-ring (bicyclic) bond motifs is 2. The maximum atomic E-state index is 12.8. The van der Waals surface area contributed by atoms with Gasteiger partial charge in [0.15, 0.2) is 5.58 Å².